The summed E-state index contributed by atoms with van der Waals surface area (Å²) in [6.45, 7) is 6.75. The fourth-order valence-corrected chi connectivity index (χ4v) is 2.33. The first-order valence-corrected chi connectivity index (χ1v) is 6.47. The molecule has 1 nitrogen and oxygen atoms in total. The monoisotopic (exact) mass is 224 g/mol. The molecule has 0 radical (unpaired) electrons. The Morgan fingerprint density at radius 3 is 2.60 bits per heavy atom. The summed E-state index contributed by atoms with van der Waals surface area (Å²) in [6.07, 6.45) is 0.884. The highest BCUT2D eigenvalue weighted by atomic mass is 32.2. The van der Waals surface area contributed by atoms with Crippen molar-refractivity contribution in [2.24, 2.45) is 0 Å². The Morgan fingerprint density at radius 1 is 1.27 bits per heavy atom. The molecule has 1 unspecified atom stereocenters. The Kier molecular flexibility index (Phi) is 5.20. The van der Waals surface area contributed by atoms with Gasteiger partial charge in [-0.05, 0) is 37.0 Å². The first-order chi connectivity index (χ1) is 7.13. The van der Waals surface area contributed by atoms with E-state index in [-0.39, 0.29) is 0 Å². The average molecular weight is 224 g/mol. The van der Waals surface area contributed by atoms with Crippen LogP contribution in [0.25, 0.3) is 0 Å². The molecule has 1 aromatic rings. The SMILES string of the molecule is Cc1ccc(CSC(C)CCO)cc1C. The Balaban J connectivity index is 2.47. The quantitative estimate of drug-likeness (QED) is 0.828. The second kappa shape index (κ2) is 6.19. The standard InChI is InChI=1S/C13H20OS/c1-10-4-5-13(8-11(10)2)9-15-12(3)6-7-14/h4-5,8,12,14H,6-7,9H2,1-3H3. The fourth-order valence-electron chi connectivity index (χ4n) is 1.40. The molecule has 0 saturated heterocycles. The van der Waals surface area contributed by atoms with Crippen molar-refractivity contribution in [1.82, 2.24) is 0 Å². The van der Waals surface area contributed by atoms with Crippen molar-refractivity contribution < 1.29 is 5.11 Å². The number of aliphatic hydroxyl groups excluding tert-OH is 1. The molecule has 15 heavy (non-hydrogen) atoms. The molecule has 0 aliphatic carbocycles. The van der Waals surface area contributed by atoms with E-state index in [1.54, 1.807) is 0 Å². The van der Waals surface area contributed by atoms with Crippen molar-refractivity contribution in [2.75, 3.05) is 6.61 Å². The summed E-state index contributed by atoms with van der Waals surface area (Å²) >= 11 is 1.91. The van der Waals surface area contributed by atoms with Crippen molar-refractivity contribution in [3.05, 3.63) is 34.9 Å². The molecule has 0 aromatic heterocycles. The van der Waals surface area contributed by atoms with Crippen LogP contribution in [0.4, 0.5) is 0 Å². The van der Waals surface area contributed by atoms with Crippen LogP contribution in [0, 0.1) is 13.8 Å². The molecule has 1 atom stereocenters. The van der Waals surface area contributed by atoms with Gasteiger partial charge in [-0.2, -0.15) is 11.8 Å². The van der Waals surface area contributed by atoms with Gasteiger partial charge in [-0.1, -0.05) is 25.1 Å². The molecular weight excluding hydrogens is 204 g/mol. The van der Waals surface area contributed by atoms with E-state index in [4.69, 9.17) is 5.11 Å². The van der Waals surface area contributed by atoms with Gasteiger partial charge >= 0.3 is 0 Å². The smallest absolute Gasteiger partial charge is 0.0441 e. The summed E-state index contributed by atoms with van der Waals surface area (Å²) < 4.78 is 0. The average Bonchev–Trinajstić information content (AvgIpc) is 2.20. The normalized spacial score (nSPS) is 12.8. The number of thioether (sulfide) groups is 1. The lowest BCUT2D eigenvalue weighted by Gasteiger charge is -2.10. The van der Waals surface area contributed by atoms with Crippen molar-refractivity contribution in [1.29, 1.82) is 0 Å². The summed E-state index contributed by atoms with van der Waals surface area (Å²) in [5.74, 6) is 1.04. The summed E-state index contributed by atoms with van der Waals surface area (Å²) in [7, 11) is 0. The van der Waals surface area contributed by atoms with Gasteiger partial charge in [-0.25, -0.2) is 0 Å². The van der Waals surface area contributed by atoms with E-state index < -0.39 is 0 Å². The van der Waals surface area contributed by atoms with Gasteiger partial charge in [-0.3, -0.25) is 0 Å². The van der Waals surface area contributed by atoms with Gasteiger partial charge in [0.15, 0.2) is 0 Å². The maximum Gasteiger partial charge on any atom is 0.0441 e. The Bertz CT molecular complexity index is 309. The molecule has 1 aromatic carbocycles. The lowest BCUT2D eigenvalue weighted by Crippen LogP contribution is -2.00. The third kappa shape index (κ3) is 4.27. The highest BCUT2D eigenvalue weighted by Crippen LogP contribution is 2.21. The van der Waals surface area contributed by atoms with Gasteiger partial charge in [0.2, 0.25) is 0 Å². The molecule has 1 rings (SSSR count). The van der Waals surface area contributed by atoms with Crippen molar-refractivity contribution in [3.8, 4) is 0 Å². The molecule has 1 N–H and O–H groups in total. The first kappa shape index (κ1) is 12.6. The molecule has 84 valence electrons. The molecule has 0 saturated carbocycles. The fraction of sp³-hybridized carbons (Fsp3) is 0.538. The van der Waals surface area contributed by atoms with Crippen LogP contribution in [-0.2, 0) is 5.75 Å². The lowest BCUT2D eigenvalue weighted by atomic mass is 10.1. The topological polar surface area (TPSA) is 20.2 Å². The number of rotatable bonds is 5. The molecule has 0 aliphatic heterocycles. The number of hydrogen-bond donors (Lipinski definition) is 1. The van der Waals surface area contributed by atoms with E-state index >= 15 is 0 Å². The highest BCUT2D eigenvalue weighted by Gasteiger charge is 2.03. The number of benzene rings is 1. The molecule has 0 fully saturated rings. The first-order valence-electron chi connectivity index (χ1n) is 5.42. The van der Waals surface area contributed by atoms with Crippen LogP contribution in [0.2, 0.25) is 0 Å². The van der Waals surface area contributed by atoms with Crippen LogP contribution in [0.1, 0.15) is 30.0 Å². The third-order valence-electron chi connectivity index (χ3n) is 2.64. The minimum atomic E-state index is 0.293. The van der Waals surface area contributed by atoms with Crippen LogP contribution < -0.4 is 0 Å². The second-order valence-corrected chi connectivity index (χ2v) is 5.48. The second-order valence-electron chi connectivity index (χ2n) is 4.05. The van der Waals surface area contributed by atoms with Gasteiger partial charge in [0.25, 0.3) is 0 Å². The maximum absolute atomic E-state index is 8.80. The van der Waals surface area contributed by atoms with E-state index in [9.17, 15) is 0 Å². The molecule has 0 aliphatic rings. The van der Waals surface area contributed by atoms with Crippen LogP contribution in [0.15, 0.2) is 18.2 Å². The third-order valence-corrected chi connectivity index (χ3v) is 3.95. The van der Waals surface area contributed by atoms with Gasteiger partial charge in [0.05, 0.1) is 0 Å². The van der Waals surface area contributed by atoms with Crippen molar-refractivity contribution >= 4 is 11.8 Å². The zero-order valence-corrected chi connectivity index (χ0v) is 10.6. The van der Waals surface area contributed by atoms with E-state index in [2.05, 4.69) is 39.0 Å². The zero-order valence-electron chi connectivity index (χ0n) is 9.79. The van der Waals surface area contributed by atoms with E-state index in [0.29, 0.717) is 11.9 Å². The predicted octanol–water partition coefficient (Wildman–Crippen LogP) is 3.31. The summed E-state index contributed by atoms with van der Waals surface area (Å²) in [5, 5.41) is 9.34. The minimum Gasteiger partial charge on any atom is -0.396 e. The molecule has 0 heterocycles. The Morgan fingerprint density at radius 2 is 2.00 bits per heavy atom. The Labute approximate surface area is 96.9 Å². The highest BCUT2D eigenvalue weighted by molar-refractivity contribution is 7.99. The van der Waals surface area contributed by atoms with E-state index in [1.807, 2.05) is 11.8 Å². The van der Waals surface area contributed by atoms with Crippen LogP contribution in [0.3, 0.4) is 0 Å². The lowest BCUT2D eigenvalue weighted by molar-refractivity contribution is 0.289. The van der Waals surface area contributed by atoms with Crippen molar-refractivity contribution in [3.63, 3.8) is 0 Å². The molecule has 2 heteroatoms. The van der Waals surface area contributed by atoms with E-state index in [1.165, 1.54) is 16.7 Å². The summed E-state index contributed by atoms with van der Waals surface area (Å²) in [4.78, 5) is 0. The molecule has 0 spiro atoms. The number of hydrogen-bond acceptors (Lipinski definition) is 2. The number of aliphatic hydroxyl groups is 1. The van der Waals surface area contributed by atoms with Crippen molar-refractivity contribution in [2.45, 2.75) is 38.2 Å². The van der Waals surface area contributed by atoms with Gasteiger partial charge in [0, 0.05) is 17.6 Å². The molecular formula is C13H20OS. The minimum absolute atomic E-state index is 0.293. The molecule has 0 bridgehead atoms. The van der Waals surface area contributed by atoms with Gasteiger partial charge in [0.1, 0.15) is 0 Å². The maximum atomic E-state index is 8.80. The Hall–Kier alpha value is -0.470. The van der Waals surface area contributed by atoms with Crippen LogP contribution >= 0.6 is 11.8 Å². The summed E-state index contributed by atoms with van der Waals surface area (Å²) in [5.41, 5.74) is 4.10. The van der Waals surface area contributed by atoms with E-state index in [0.717, 1.165) is 12.2 Å². The molecule has 0 amide bonds. The summed E-state index contributed by atoms with van der Waals surface area (Å²) in [6, 6.07) is 6.64. The zero-order chi connectivity index (χ0) is 11.3. The van der Waals surface area contributed by atoms with Crippen LogP contribution in [0.5, 0.6) is 0 Å². The predicted molar refractivity (Wildman–Crippen MR) is 68.4 cm³/mol. The van der Waals surface area contributed by atoms with Gasteiger partial charge in [-0.15, -0.1) is 0 Å². The largest absolute Gasteiger partial charge is 0.396 e. The van der Waals surface area contributed by atoms with Crippen LogP contribution in [-0.4, -0.2) is 17.0 Å². The number of aryl methyl sites for hydroxylation is 2. The van der Waals surface area contributed by atoms with Gasteiger partial charge < -0.3 is 5.11 Å².